The number of ether oxygens (including phenoxy) is 6. The number of carbonyl (C=O) groups is 3. The molecule has 15 atom stereocenters. The van der Waals surface area contributed by atoms with E-state index in [4.69, 9.17) is 28.4 Å². The molecule has 3 heterocycles. The van der Waals surface area contributed by atoms with E-state index < -0.39 is 123 Å². The highest BCUT2D eigenvalue weighted by Gasteiger charge is 2.55. The van der Waals surface area contributed by atoms with Gasteiger partial charge in [-0.3, -0.25) is 9.59 Å². The molecule has 19 nitrogen and oxygen atoms in total. The van der Waals surface area contributed by atoms with Crippen LogP contribution >= 0.6 is 0 Å². The summed E-state index contributed by atoms with van der Waals surface area (Å²) in [6, 6.07) is -2.74. The van der Waals surface area contributed by atoms with E-state index >= 15 is 0 Å². The van der Waals surface area contributed by atoms with Gasteiger partial charge in [-0.25, -0.2) is 4.79 Å². The number of carboxylic acids is 1. The molecule has 42 heavy (non-hydrogen) atoms. The number of nitrogens with one attached hydrogen (secondary N) is 2. The predicted molar refractivity (Wildman–Crippen MR) is 130 cm³/mol. The second-order valence-corrected chi connectivity index (χ2v) is 10.1. The Labute approximate surface area is 238 Å². The van der Waals surface area contributed by atoms with Crippen molar-refractivity contribution in [3.05, 3.63) is 0 Å². The van der Waals surface area contributed by atoms with E-state index in [9.17, 15) is 55.2 Å². The minimum atomic E-state index is -2.10. The van der Waals surface area contributed by atoms with E-state index in [0.29, 0.717) is 0 Å². The minimum absolute atomic E-state index is 0.579. The molecular weight excluding hydrogens is 576 g/mol. The molecule has 242 valence electrons. The number of hydrogen-bond donors (Lipinski definition) is 10. The van der Waals surface area contributed by atoms with Crippen molar-refractivity contribution < 1.29 is 83.7 Å². The monoisotopic (exact) mass is 614 g/mol. The lowest BCUT2D eigenvalue weighted by atomic mass is 9.94. The van der Waals surface area contributed by atoms with Crippen molar-refractivity contribution >= 4 is 17.8 Å². The van der Waals surface area contributed by atoms with E-state index in [1.54, 1.807) is 0 Å². The average Bonchev–Trinajstić information content (AvgIpc) is 2.93. The number of aliphatic hydroxyl groups excluding tert-OH is 7. The number of hydrogen-bond acceptors (Lipinski definition) is 16. The number of methoxy groups -OCH3 is 1. The largest absolute Gasteiger partial charge is 0.479 e. The standard InChI is InChI=1S/C23H38N2O17/c1-6(28)24-10-13(31)12(30)8(4-26)38-22(10)41-18-15(33)16(34)23(42-19(18)20(35)36)40-17-9(5-27)39-21(37-3)11(14(17)32)25-7(2)29/h8-19,21-23,26-27,30-34H,4-5H2,1-3H3,(H,24,28)(H,25,29)(H,35,36)/t8-,9-,10-,11-,12-,13-,14-,15-,16-,17-,18+,19+,21+,22-,23-/m1/s1. The summed E-state index contributed by atoms with van der Waals surface area (Å²) < 4.78 is 32.6. The number of rotatable bonds is 10. The van der Waals surface area contributed by atoms with Crippen LogP contribution in [0.4, 0.5) is 0 Å². The highest BCUT2D eigenvalue weighted by Crippen LogP contribution is 2.32. The van der Waals surface area contributed by atoms with Gasteiger partial charge in [0.2, 0.25) is 11.8 Å². The molecule has 0 saturated carbocycles. The summed E-state index contributed by atoms with van der Waals surface area (Å²) in [6.45, 7) is 0.672. The molecular formula is C23H38N2O17. The van der Waals surface area contributed by atoms with Crippen LogP contribution in [0.1, 0.15) is 13.8 Å². The Morgan fingerprint density at radius 2 is 1.19 bits per heavy atom. The maximum absolute atomic E-state index is 12.2. The van der Waals surface area contributed by atoms with E-state index in [1.807, 2.05) is 0 Å². The van der Waals surface area contributed by atoms with Gasteiger partial charge in [0.05, 0.1) is 13.2 Å². The first-order valence-electron chi connectivity index (χ1n) is 12.9. The van der Waals surface area contributed by atoms with E-state index in [1.165, 1.54) is 7.11 Å². The molecule has 3 aliphatic rings. The zero-order valence-corrected chi connectivity index (χ0v) is 22.8. The maximum atomic E-state index is 12.2. The molecule has 3 rings (SSSR count). The van der Waals surface area contributed by atoms with Crippen molar-refractivity contribution in [2.45, 2.75) is 106 Å². The van der Waals surface area contributed by atoms with Crippen LogP contribution < -0.4 is 10.6 Å². The number of carboxylic acid groups (broad SMARTS) is 1. The molecule has 0 bridgehead atoms. The Morgan fingerprint density at radius 3 is 1.69 bits per heavy atom. The lowest BCUT2D eigenvalue weighted by Gasteiger charge is -2.48. The van der Waals surface area contributed by atoms with E-state index in [0.717, 1.165) is 13.8 Å². The predicted octanol–water partition coefficient (Wildman–Crippen LogP) is -6.54. The fraction of sp³-hybridized carbons (Fsp3) is 0.870. The molecule has 3 saturated heterocycles. The summed E-state index contributed by atoms with van der Waals surface area (Å²) >= 11 is 0. The third-order valence-electron chi connectivity index (χ3n) is 7.08. The van der Waals surface area contributed by atoms with Crippen LogP contribution in [-0.2, 0) is 42.8 Å². The Morgan fingerprint density at radius 1 is 0.667 bits per heavy atom. The van der Waals surface area contributed by atoms with Gasteiger partial charge in [0.15, 0.2) is 25.0 Å². The Balaban J connectivity index is 1.84. The smallest absolute Gasteiger partial charge is 0.335 e. The van der Waals surface area contributed by atoms with Gasteiger partial charge in [0.25, 0.3) is 0 Å². The molecule has 19 heteroatoms. The van der Waals surface area contributed by atoms with Gasteiger partial charge in [-0.1, -0.05) is 0 Å². The fourth-order valence-electron chi connectivity index (χ4n) is 5.02. The average molecular weight is 615 g/mol. The van der Waals surface area contributed by atoms with Crippen molar-refractivity contribution in [1.82, 2.24) is 10.6 Å². The highest BCUT2D eigenvalue weighted by molar-refractivity contribution is 5.74. The first-order valence-corrected chi connectivity index (χ1v) is 12.9. The van der Waals surface area contributed by atoms with Gasteiger partial charge in [0.1, 0.15) is 67.0 Å². The molecule has 2 amide bonds. The summed E-state index contributed by atoms with van der Waals surface area (Å²) in [4.78, 5) is 35.5. The Hall–Kier alpha value is -2.11. The zero-order valence-electron chi connectivity index (χ0n) is 22.8. The summed E-state index contributed by atoms with van der Waals surface area (Å²) in [5.74, 6) is -3.00. The third kappa shape index (κ3) is 7.33. The van der Waals surface area contributed by atoms with Crippen LogP contribution in [0.5, 0.6) is 0 Å². The van der Waals surface area contributed by atoms with Crippen molar-refractivity contribution in [2.24, 2.45) is 0 Å². The van der Waals surface area contributed by atoms with Crippen LogP contribution in [0.15, 0.2) is 0 Å². The highest BCUT2D eigenvalue weighted by atomic mass is 16.8. The molecule has 0 aromatic carbocycles. The molecule has 3 aliphatic heterocycles. The first-order chi connectivity index (χ1) is 19.7. The number of aliphatic carboxylic acids is 1. The second-order valence-electron chi connectivity index (χ2n) is 10.1. The van der Waals surface area contributed by atoms with Crippen LogP contribution in [-0.4, -0.2) is 171 Å². The van der Waals surface area contributed by atoms with E-state index in [2.05, 4.69) is 10.6 Å². The molecule has 0 unspecified atom stereocenters. The first kappa shape index (κ1) is 34.4. The van der Waals surface area contributed by atoms with Gasteiger partial charge in [0, 0.05) is 21.0 Å². The van der Waals surface area contributed by atoms with E-state index in [-0.39, 0.29) is 0 Å². The second kappa shape index (κ2) is 14.6. The molecule has 0 aromatic heterocycles. The normalized spacial score (nSPS) is 44.3. The number of aliphatic hydroxyl groups is 7. The van der Waals surface area contributed by atoms with Crippen molar-refractivity contribution in [3.63, 3.8) is 0 Å². The van der Waals surface area contributed by atoms with Gasteiger partial charge < -0.3 is 79.9 Å². The SMILES string of the molecule is CO[C@H]1O[C@H](CO)[C@@H](O[C@@H]2O[C@H](C(=O)O)[C@@H](O[C@H]3O[C@H](CO)[C@@H](O)[C@H](O)[C@H]3NC(C)=O)[C@H](O)[C@H]2O)[C@H](O)[C@H]1NC(C)=O. The molecule has 0 spiro atoms. The Kier molecular flexibility index (Phi) is 11.9. The van der Waals surface area contributed by atoms with Crippen LogP contribution in [0, 0.1) is 0 Å². The summed E-state index contributed by atoms with van der Waals surface area (Å²) in [5.41, 5.74) is 0. The van der Waals surface area contributed by atoms with Crippen molar-refractivity contribution in [1.29, 1.82) is 0 Å². The van der Waals surface area contributed by atoms with Gasteiger partial charge in [-0.2, -0.15) is 0 Å². The minimum Gasteiger partial charge on any atom is -0.479 e. The fourth-order valence-corrected chi connectivity index (χ4v) is 5.02. The molecule has 0 aliphatic carbocycles. The Bertz CT molecular complexity index is 943. The van der Waals surface area contributed by atoms with Crippen molar-refractivity contribution in [3.8, 4) is 0 Å². The number of amides is 2. The van der Waals surface area contributed by atoms with Crippen molar-refractivity contribution in [2.75, 3.05) is 20.3 Å². The van der Waals surface area contributed by atoms with Crippen LogP contribution in [0.25, 0.3) is 0 Å². The lowest BCUT2D eigenvalue weighted by molar-refractivity contribution is -0.362. The summed E-state index contributed by atoms with van der Waals surface area (Å²) in [6.07, 6.45) is -22.5. The van der Waals surface area contributed by atoms with Crippen LogP contribution in [0.3, 0.4) is 0 Å². The van der Waals surface area contributed by atoms with Gasteiger partial charge >= 0.3 is 5.97 Å². The summed E-state index contributed by atoms with van der Waals surface area (Å²) in [7, 11) is 1.22. The molecule has 3 fully saturated rings. The van der Waals surface area contributed by atoms with Crippen LogP contribution in [0.2, 0.25) is 0 Å². The number of carbonyl (C=O) groups excluding carboxylic acids is 2. The third-order valence-corrected chi connectivity index (χ3v) is 7.08. The zero-order chi connectivity index (χ0) is 31.5. The molecule has 0 radical (unpaired) electrons. The lowest BCUT2D eigenvalue weighted by Crippen LogP contribution is -2.69. The maximum Gasteiger partial charge on any atom is 0.335 e. The van der Waals surface area contributed by atoms with Gasteiger partial charge in [-0.15, -0.1) is 0 Å². The molecule has 10 N–H and O–H groups in total. The topological polar surface area (TPSA) is 292 Å². The summed E-state index contributed by atoms with van der Waals surface area (Å²) in [5, 5.41) is 87.2. The molecule has 0 aromatic rings. The van der Waals surface area contributed by atoms with Gasteiger partial charge in [-0.05, 0) is 0 Å². The quantitative estimate of drug-likeness (QED) is 0.109.